The molecule has 0 unspecified atom stereocenters. The minimum atomic E-state index is 0.0127. The van der Waals surface area contributed by atoms with Crippen LogP contribution >= 0.6 is 0 Å². The Bertz CT molecular complexity index is 619. The molecule has 3 aliphatic rings. The van der Waals surface area contributed by atoms with E-state index in [1.165, 1.54) is 0 Å². The number of hydrogen-bond donors (Lipinski definition) is 0. The predicted molar refractivity (Wildman–Crippen MR) is 93.8 cm³/mol. The number of hydrogen-bond acceptors (Lipinski definition) is 4. The van der Waals surface area contributed by atoms with E-state index in [-0.39, 0.29) is 24.2 Å². The maximum Gasteiger partial charge on any atom is 0.226 e. The highest BCUT2D eigenvalue weighted by atomic mass is 16.5. The highest BCUT2D eigenvalue weighted by Gasteiger charge is 2.45. The molecule has 0 N–H and O–H groups in total. The molecule has 0 bridgehead atoms. The SMILES string of the molecule is O=C([C@H]1CC=CCC1)N1CCO[C@H]2[C@@H](OCc3ccncc3)CC[C@@H]21. The minimum Gasteiger partial charge on any atom is -0.372 e. The Hall–Kier alpha value is -1.72. The Labute approximate surface area is 149 Å². The summed E-state index contributed by atoms with van der Waals surface area (Å²) in [6, 6.07) is 4.12. The zero-order chi connectivity index (χ0) is 17.1. The van der Waals surface area contributed by atoms with Crippen molar-refractivity contribution in [2.45, 2.75) is 57.0 Å². The van der Waals surface area contributed by atoms with Gasteiger partial charge in [0.05, 0.1) is 25.4 Å². The molecule has 0 aromatic carbocycles. The number of aromatic nitrogens is 1. The number of amides is 1. The fourth-order valence-electron chi connectivity index (χ4n) is 4.30. The van der Waals surface area contributed by atoms with Gasteiger partial charge in [-0.2, -0.15) is 0 Å². The summed E-state index contributed by atoms with van der Waals surface area (Å²) in [5.74, 6) is 0.470. The largest absolute Gasteiger partial charge is 0.372 e. The van der Waals surface area contributed by atoms with Crippen molar-refractivity contribution < 1.29 is 14.3 Å². The third-order valence-corrected chi connectivity index (χ3v) is 5.65. The number of allylic oxidation sites excluding steroid dienone is 2. The lowest BCUT2D eigenvalue weighted by Crippen LogP contribution is -2.55. The molecule has 0 spiro atoms. The van der Waals surface area contributed by atoms with Crippen LogP contribution < -0.4 is 0 Å². The average molecular weight is 342 g/mol. The molecule has 1 saturated heterocycles. The third-order valence-electron chi connectivity index (χ3n) is 5.65. The molecule has 2 heterocycles. The number of ether oxygens (including phenoxy) is 2. The summed E-state index contributed by atoms with van der Waals surface area (Å²) in [6.07, 6.45) is 12.8. The van der Waals surface area contributed by atoms with Gasteiger partial charge in [-0.05, 0) is 49.8 Å². The van der Waals surface area contributed by atoms with Crippen molar-refractivity contribution in [1.82, 2.24) is 9.88 Å². The van der Waals surface area contributed by atoms with Gasteiger partial charge in [-0.25, -0.2) is 0 Å². The van der Waals surface area contributed by atoms with E-state index in [9.17, 15) is 4.79 Å². The summed E-state index contributed by atoms with van der Waals surface area (Å²) < 4.78 is 12.2. The van der Waals surface area contributed by atoms with Crippen molar-refractivity contribution >= 4 is 5.91 Å². The van der Waals surface area contributed by atoms with Crippen LogP contribution in [0.15, 0.2) is 36.7 Å². The van der Waals surface area contributed by atoms with Crippen LogP contribution in [0.1, 0.15) is 37.7 Å². The number of pyridine rings is 1. The molecule has 5 heteroatoms. The lowest BCUT2D eigenvalue weighted by atomic mass is 9.92. The summed E-state index contributed by atoms with van der Waals surface area (Å²) >= 11 is 0. The van der Waals surface area contributed by atoms with Gasteiger partial charge in [0, 0.05) is 24.9 Å². The van der Waals surface area contributed by atoms with Gasteiger partial charge < -0.3 is 14.4 Å². The van der Waals surface area contributed by atoms with E-state index < -0.39 is 0 Å². The van der Waals surface area contributed by atoms with Gasteiger partial charge in [0.1, 0.15) is 6.10 Å². The minimum absolute atomic E-state index is 0.0127. The van der Waals surface area contributed by atoms with Gasteiger partial charge in [0.25, 0.3) is 0 Å². The molecule has 1 saturated carbocycles. The zero-order valence-corrected chi connectivity index (χ0v) is 14.5. The fraction of sp³-hybridized carbons (Fsp3) is 0.600. The highest BCUT2D eigenvalue weighted by molar-refractivity contribution is 5.79. The monoisotopic (exact) mass is 342 g/mol. The Kier molecular flexibility index (Phi) is 5.13. The van der Waals surface area contributed by atoms with Crippen LogP contribution in [0.5, 0.6) is 0 Å². The maximum absolute atomic E-state index is 13.0. The van der Waals surface area contributed by atoms with Gasteiger partial charge in [-0.3, -0.25) is 9.78 Å². The van der Waals surface area contributed by atoms with Crippen LogP contribution in [0.25, 0.3) is 0 Å². The van der Waals surface area contributed by atoms with Gasteiger partial charge in [-0.1, -0.05) is 12.2 Å². The normalized spacial score (nSPS) is 31.8. The maximum atomic E-state index is 13.0. The van der Waals surface area contributed by atoms with Crippen molar-refractivity contribution in [3.8, 4) is 0 Å². The Morgan fingerprint density at radius 1 is 1.24 bits per heavy atom. The quantitative estimate of drug-likeness (QED) is 0.790. The van der Waals surface area contributed by atoms with Crippen molar-refractivity contribution in [3.05, 3.63) is 42.2 Å². The van der Waals surface area contributed by atoms with E-state index in [2.05, 4.69) is 22.0 Å². The van der Waals surface area contributed by atoms with Gasteiger partial charge >= 0.3 is 0 Å². The number of carbonyl (C=O) groups excluding carboxylic acids is 1. The lowest BCUT2D eigenvalue weighted by molar-refractivity contribution is -0.156. The molecular formula is C20H26N2O3. The topological polar surface area (TPSA) is 51.7 Å². The Balaban J connectivity index is 1.38. The first-order valence-electron chi connectivity index (χ1n) is 9.40. The van der Waals surface area contributed by atoms with Gasteiger partial charge in [-0.15, -0.1) is 0 Å². The van der Waals surface area contributed by atoms with Crippen LogP contribution in [-0.4, -0.2) is 47.2 Å². The summed E-state index contributed by atoms with van der Waals surface area (Å²) in [6.45, 7) is 1.91. The first kappa shape index (κ1) is 16.7. The second-order valence-corrected chi connectivity index (χ2v) is 7.20. The van der Waals surface area contributed by atoms with Crippen LogP contribution in [0.3, 0.4) is 0 Å². The predicted octanol–water partition coefficient (Wildman–Crippen LogP) is 2.71. The van der Waals surface area contributed by atoms with Crippen molar-refractivity contribution in [3.63, 3.8) is 0 Å². The molecule has 1 aliphatic heterocycles. The number of rotatable bonds is 4. The van der Waals surface area contributed by atoms with Crippen LogP contribution in [0, 0.1) is 5.92 Å². The molecule has 0 radical (unpaired) electrons. The smallest absolute Gasteiger partial charge is 0.226 e. The third kappa shape index (κ3) is 3.62. The van der Waals surface area contributed by atoms with E-state index >= 15 is 0 Å². The lowest BCUT2D eigenvalue weighted by Gasteiger charge is -2.40. The first-order valence-corrected chi connectivity index (χ1v) is 9.40. The number of morpholine rings is 1. The number of fused-ring (bicyclic) bond motifs is 1. The molecular weight excluding hydrogens is 316 g/mol. The molecule has 5 nitrogen and oxygen atoms in total. The summed E-state index contributed by atoms with van der Waals surface area (Å²) in [5, 5.41) is 0. The van der Waals surface area contributed by atoms with E-state index in [0.29, 0.717) is 19.1 Å². The number of nitrogens with zero attached hydrogens (tertiary/aromatic N) is 2. The first-order chi connectivity index (χ1) is 12.3. The summed E-state index contributed by atoms with van der Waals surface area (Å²) in [7, 11) is 0. The van der Waals surface area contributed by atoms with Crippen molar-refractivity contribution in [2.24, 2.45) is 5.92 Å². The Morgan fingerprint density at radius 2 is 2.12 bits per heavy atom. The van der Waals surface area contributed by atoms with Crippen LogP contribution in [-0.2, 0) is 20.9 Å². The molecule has 2 fully saturated rings. The molecule has 25 heavy (non-hydrogen) atoms. The molecule has 4 atom stereocenters. The fourth-order valence-corrected chi connectivity index (χ4v) is 4.30. The van der Waals surface area contributed by atoms with E-state index in [1.54, 1.807) is 12.4 Å². The highest BCUT2D eigenvalue weighted by Crippen LogP contribution is 2.34. The second-order valence-electron chi connectivity index (χ2n) is 7.20. The van der Waals surface area contributed by atoms with E-state index in [1.807, 2.05) is 12.1 Å². The summed E-state index contributed by atoms with van der Waals surface area (Å²) in [4.78, 5) is 19.1. The molecule has 1 aromatic rings. The van der Waals surface area contributed by atoms with Crippen molar-refractivity contribution in [2.75, 3.05) is 13.2 Å². The molecule has 1 amide bonds. The van der Waals surface area contributed by atoms with E-state index in [0.717, 1.165) is 44.2 Å². The van der Waals surface area contributed by atoms with Gasteiger partial charge in [0.15, 0.2) is 0 Å². The Morgan fingerprint density at radius 3 is 2.92 bits per heavy atom. The molecule has 4 rings (SSSR count). The zero-order valence-electron chi connectivity index (χ0n) is 14.5. The number of carbonyl (C=O) groups is 1. The summed E-state index contributed by atoms with van der Waals surface area (Å²) in [5.41, 5.74) is 1.12. The molecule has 1 aromatic heterocycles. The van der Waals surface area contributed by atoms with Crippen LogP contribution in [0.4, 0.5) is 0 Å². The average Bonchev–Trinajstić information content (AvgIpc) is 3.10. The standard InChI is InChI=1S/C20H26N2O3/c23-20(16-4-2-1-3-5-16)22-12-13-24-19-17(22)6-7-18(19)25-14-15-8-10-21-11-9-15/h1-2,8-11,16-19H,3-7,12-14H2/t16-,17-,18-,19+/m0/s1. The van der Waals surface area contributed by atoms with Crippen molar-refractivity contribution in [1.29, 1.82) is 0 Å². The second kappa shape index (κ2) is 7.67. The van der Waals surface area contributed by atoms with E-state index in [4.69, 9.17) is 9.47 Å². The van der Waals surface area contributed by atoms with Crippen LogP contribution in [0.2, 0.25) is 0 Å². The van der Waals surface area contributed by atoms with Gasteiger partial charge in [0.2, 0.25) is 5.91 Å². The molecule has 134 valence electrons. The molecule has 2 aliphatic carbocycles.